The summed E-state index contributed by atoms with van der Waals surface area (Å²) in [6, 6.07) is 18.0. The number of aryl methyl sites for hydroxylation is 1. The molecule has 0 spiro atoms. The zero-order chi connectivity index (χ0) is 19.0. The Kier molecular flexibility index (Phi) is 4.36. The summed E-state index contributed by atoms with van der Waals surface area (Å²) in [7, 11) is -3.76. The normalized spacial score (nSPS) is 14.1. The SMILES string of the molecule is O=C(O)Cc1ccc2c(c1)N(S(=O)(=O)c1cccc3ccccc13)CCC2. The molecule has 3 aromatic rings. The van der Waals surface area contributed by atoms with Crippen molar-refractivity contribution in [2.75, 3.05) is 10.8 Å². The maximum Gasteiger partial charge on any atom is 0.307 e. The molecule has 0 bridgehead atoms. The zero-order valence-corrected chi connectivity index (χ0v) is 15.4. The summed E-state index contributed by atoms with van der Waals surface area (Å²) in [5, 5.41) is 10.6. The highest BCUT2D eigenvalue weighted by Crippen LogP contribution is 2.35. The van der Waals surface area contributed by atoms with Gasteiger partial charge in [-0.05, 0) is 41.5 Å². The molecule has 1 aliphatic heterocycles. The number of carboxylic acids is 1. The molecule has 0 aliphatic carbocycles. The van der Waals surface area contributed by atoms with E-state index < -0.39 is 16.0 Å². The lowest BCUT2D eigenvalue weighted by Gasteiger charge is -2.31. The minimum atomic E-state index is -3.76. The molecule has 4 rings (SSSR count). The highest BCUT2D eigenvalue weighted by molar-refractivity contribution is 7.93. The topological polar surface area (TPSA) is 74.7 Å². The second-order valence-electron chi connectivity index (χ2n) is 6.69. The maximum absolute atomic E-state index is 13.5. The van der Waals surface area contributed by atoms with E-state index in [2.05, 4.69) is 0 Å². The summed E-state index contributed by atoms with van der Waals surface area (Å²) < 4.78 is 28.4. The van der Waals surface area contributed by atoms with Gasteiger partial charge in [-0.3, -0.25) is 9.10 Å². The van der Waals surface area contributed by atoms with Crippen LogP contribution in [-0.4, -0.2) is 26.0 Å². The molecule has 0 aromatic heterocycles. The third-order valence-corrected chi connectivity index (χ3v) is 6.77. The number of fused-ring (bicyclic) bond motifs is 2. The Morgan fingerprint density at radius 3 is 2.63 bits per heavy atom. The molecule has 27 heavy (non-hydrogen) atoms. The molecular formula is C21H19NO4S. The minimum absolute atomic E-state index is 0.130. The van der Waals surface area contributed by atoms with E-state index in [0.717, 1.165) is 23.8 Å². The molecule has 5 nitrogen and oxygen atoms in total. The molecule has 1 heterocycles. The Labute approximate surface area is 157 Å². The highest BCUT2D eigenvalue weighted by Gasteiger charge is 2.30. The van der Waals surface area contributed by atoms with Gasteiger partial charge in [0.15, 0.2) is 0 Å². The van der Waals surface area contributed by atoms with E-state index in [4.69, 9.17) is 5.11 Å². The second kappa shape index (κ2) is 6.70. The van der Waals surface area contributed by atoms with E-state index in [1.165, 1.54) is 4.31 Å². The van der Waals surface area contributed by atoms with Crippen LogP contribution in [0.4, 0.5) is 5.69 Å². The average Bonchev–Trinajstić information content (AvgIpc) is 2.66. The molecule has 6 heteroatoms. The molecule has 1 N–H and O–H groups in total. The van der Waals surface area contributed by atoms with Crippen molar-refractivity contribution in [3.8, 4) is 0 Å². The standard InChI is InChI=1S/C21H19NO4S/c23-21(24)14-15-10-11-17-7-4-12-22(19(17)13-15)27(25,26)20-9-3-6-16-5-1-2-8-18(16)20/h1-3,5-6,8-11,13H,4,7,12,14H2,(H,23,24). The van der Waals surface area contributed by atoms with Crippen molar-refractivity contribution < 1.29 is 18.3 Å². The van der Waals surface area contributed by atoms with Crippen LogP contribution in [0.5, 0.6) is 0 Å². The lowest BCUT2D eigenvalue weighted by Crippen LogP contribution is -2.35. The summed E-state index contributed by atoms with van der Waals surface area (Å²) in [5.41, 5.74) is 2.12. The first-order valence-electron chi connectivity index (χ1n) is 8.81. The molecule has 0 amide bonds. The van der Waals surface area contributed by atoms with E-state index >= 15 is 0 Å². The van der Waals surface area contributed by atoms with Crippen molar-refractivity contribution in [2.24, 2.45) is 0 Å². The summed E-state index contributed by atoms with van der Waals surface area (Å²) in [4.78, 5) is 11.3. The van der Waals surface area contributed by atoms with Crippen LogP contribution in [0.3, 0.4) is 0 Å². The number of benzene rings is 3. The lowest BCUT2D eigenvalue weighted by atomic mass is 10.0. The first kappa shape index (κ1) is 17.5. The number of carboxylic acid groups (broad SMARTS) is 1. The molecule has 1 aliphatic rings. The van der Waals surface area contributed by atoms with Crippen LogP contribution in [0.25, 0.3) is 10.8 Å². The largest absolute Gasteiger partial charge is 0.481 e. The number of carbonyl (C=O) groups is 1. The number of nitrogens with zero attached hydrogens (tertiary/aromatic N) is 1. The van der Waals surface area contributed by atoms with Crippen LogP contribution in [-0.2, 0) is 27.7 Å². The van der Waals surface area contributed by atoms with Gasteiger partial charge in [-0.15, -0.1) is 0 Å². The van der Waals surface area contributed by atoms with Gasteiger partial charge in [0.2, 0.25) is 0 Å². The van der Waals surface area contributed by atoms with Crippen LogP contribution >= 0.6 is 0 Å². The number of hydrogen-bond donors (Lipinski definition) is 1. The molecule has 0 saturated carbocycles. The summed E-state index contributed by atoms with van der Waals surface area (Å²) >= 11 is 0. The summed E-state index contributed by atoms with van der Waals surface area (Å²) in [5.74, 6) is -0.936. The van der Waals surface area contributed by atoms with Gasteiger partial charge in [-0.1, -0.05) is 48.5 Å². The number of hydrogen-bond acceptors (Lipinski definition) is 3. The first-order valence-corrected chi connectivity index (χ1v) is 10.2. The molecule has 0 unspecified atom stereocenters. The van der Waals surface area contributed by atoms with Gasteiger partial charge in [0.05, 0.1) is 17.0 Å². The van der Waals surface area contributed by atoms with Crippen LogP contribution in [0.1, 0.15) is 17.5 Å². The molecule has 0 atom stereocenters. The van der Waals surface area contributed by atoms with Gasteiger partial charge >= 0.3 is 5.97 Å². The van der Waals surface area contributed by atoms with Crippen LogP contribution in [0, 0.1) is 0 Å². The van der Waals surface area contributed by atoms with Crippen molar-refractivity contribution in [3.63, 3.8) is 0 Å². The van der Waals surface area contributed by atoms with Crippen LogP contribution < -0.4 is 4.31 Å². The van der Waals surface area contributed by atoms with E-state index in [1.54, 1.807) is 24.3 Å². The number of rotatable bonds is 4. The Bertz CT molecular complexity index is 1130. The first-order chi connectivity index (χ1) is 13.0. The molecule has 0 radical (unpaired) electrons. The van der Waals surface area contributed by atoms with E-state index in [1.807, 2.05) is 36.4 Å². The second-order valence-corrected chi connectivity index (χ2v) is 8.52. The smallest absolute Gasteiger partial charge is 0.307 e. The average molecular weight is 381 g/mol. The Balaban J connectivity index is 1.85. The fourth-order valence-corrected chi connectivity index (χ4v) is 5.41. The third kappa shape index (κ3) is 3.17. The fraction of sp³-hybridized carbons (Fsp3) is 0.190. The molecular weight excluding hydrogens is 362 g/mol. The van der Waals surface area contributed by atoms with Crippen molar-refractivity contribution in [1.29, 1.82) is 0 Å². The highest BCUT2D eigenvalue weighted by atomic mass is 32.2. The zero-order valence-electron chi connectivity index (χ0n) is 14.6. The van der Waals surface area contributed by atoms with Crippen molar-refractivity contribution in [1.82, 2.24) is 0 Å². The van der Waals surface area contributed by atoms with E-state index in [-0.39, 0.29) is 11.3 Å². The maximum atomic E-state index is 13.5. The number of sulfonamides is 1. The molecule has 138 valence electrons. The molecule has 0 saturated heterocycles. The van der Waals surface area contributed by atoms with Gasteiger partial charge in [0.1, 0.15) is 0 Å². The van der Waals surface area contributed by atoms with Gasteiger partial charge in [0.25, 0.3) is 10.0 Å². The van der Waals surface area contributed by atoms with E-state index in [0.29, 0.717) is 23.2 Å². The quantitative estimate of drug-likeness (QED) is 0.749. The Morgan fingerprint density at radius 1 is 1.04 bits per heavy atom. The number of aliphatic carboxylic acids is 1. The minimum Gasteiger partial charge on any atom is -0.481 e. The van der Waals surface area contributed by atoms with Crippen molar-refractivity contribution in [3.05, 3.63) is 71.8 Å². The third-order valence-electron chi connectivity index (χ3n) is 4.90. The monoisotopic (exact) mass is 381 g/mol. The van der Waals surface area contributed by atoms with E-state index in [9.17, 15) is 13.2 Å². The Hall–Kier alpha value is -2.86. The van der Waals surface area contributed by atoms with Gasteiger partial charge in [-0.25, -0.2) is 8.42 Å². The van der Waals surface area contributed by atoms with Gasteiger partial charge in [-0.2, -0.15) is 0 Å². The Morgan fingerprint density at radius 2 is 1.81 bits per heavy atom. The molecule has 3 aromatic carbocycles. The number of anilines is 1. The fourth-order valence-electron chi connectivity index (χ4n) is 3.66. The van der Waals surface area contributed by atoms with Crippen LogP contribution in [0.15, 0.2) is 65.6 Å². The predicted molar refractivity (Wildman–Crippen MR) is 105 cm³/mol. The van der Waals surface area contributed by atoms with Gasteiger partial charge in [0, 0.05) is 11.9 Å². The van der Waals surface area contributed by atoms with Crippen molar-refractivity contribution in [2.45, 2.75) is 24.2 Å². The van der Waals surface area contributed by atoms with Gasteiger partial charge < -0.3 is 5.11 Å². The summed E-state index contributed by atoms with van der Waals surface area (Å²) in [6.07, 6.45) is 1.38. The van der Waals surface area contributed by atoms with Crippen LogP contribution in [0.2, 0.25) is 0 Å². The molecule has 0 fully saturated rings. The lowest BCUT2D eigenvalue weighted by molar-refractivity contribution is -0.136. The predicted octanol–water partition coefficient (Wildman–Crippen LogP) is 3.61. The summed E-state index contributed by atoms with van der Waals surface area (Å²) in [6.45, 7) is 0.384. The van der Waals surface area contributed by atoms with Crippen molar-refractivity contribution >= 4 is 32.5 Å².